The maximum Gasteiger partial charge on any atom is 0.340 e. The van der Waals surface area contributed by atoms with Crippen LogP contribution in [0.25, 0.3) is 11.5 Å². The fourth-order valence-electron chi connectivity index (χ4n) is 3.11. The van der Waals surface area contributed by atoms with Gasteiger partial charge in [-0.25, -0.2) is 17.6 Å². The van der Waals surface area contributed by atoms with Crippen molar-refractivity contribution in [2.75, 3.05) is 11.8 Å². The van der Waals surface area contributed by atoms with Gasteiger partial charge in [0.2, 0.25) is 5.82 Å². The normalized spacial score (nSPS) is 11.2. The van der Waals surface area contributed by atoms with E-state index in [2.05, 4.69) is 14.9 Å². The quantitative estimate of drug-likeness (QED) is 0.357. The summed E-state index contributed by atoms with van der Waals surface area (Å²) in [5.41, 5.74) is 0.821. The zero-order valence-corrected chi connectivity index (χ0v) is 19.5. The number of rotatable bonds is 8. The third kappa shape index (κ3) is 5.46. The SMILES string of the molecule is COc1ccc(-c2nc(COC(=O)c3ccccc3NS(=O)(=O)c3ccc(F)c(C)c3)no2)cc1. The molecular formula is C24H20FN3O6S. The molecule has 0 aliphatic rings. The van der Waals surface area contributed by atoms with Crippen molar-refractivity contribution in [3.8, 4) is 17.2 Å². The number of nitrogens with one attached hydrogen (secondary N) is 1. The lowest BCUT2D eigenvalue weighted by molar-refractivity contribution is 0.0461. The third-order valence-corrected chi connectivity index (χ3v) is 6.33. The van der Waals surface area contributed by atoms with Crippen molar-refractivity contribution < 1.29 is 31.6 Å². The predicted octanol–water partition coefficient (Wildman–Crippen LogP) is 4.35. The van der Waals surface area contributed by atoms with Gasteiger partial charge in [0.15, 0.2) is 6.61 Å². The molecule has 0 radical (unpaired) electrons. The van der Waals surface area contributed by atoms with Gasteiger partial charge < -0.3 is 14.0 Å². The number of sulfonamides is 1. The number of para-hydroxylation sites is 1. The molecule has 1 aromatic heterocycles. The van der Waals surface area contributed by atoms with Crippen LogP contribution in [0.15, 0.2) is 76.1 Å². The molecule has 11 heteroatoms. The van der Waals surface area contributed by atoms with Gasteiger partial charge in [-0.15, -0.1) is 0 Å². The van der Waals surface area contributed by atoms with Gasteiger partial charge in [0.05, 0.1) is 23.3 Å². The molecule has 0 saturated carbocycles. The Morgan fingerprint density at radius 2 is 1.83 bits per heavy atom. The van der Waals surface area contributed by atoms with Crippen LogP contribution in [0.3, 0.4) is 0 Å². The van der Waals surface area contributed by atoms with Gasteiger partial charge in [0.25, 0.3) is 15.9 Å². The van der Waals surface area contributed by atoms with Crippen molar-refractivity contribution in [3.05, 3.63) is 89.5 Å². The second-order valence-electron chi connectivity index (χ2n) is 7.38. The van der Waals surface area contributed by atoms with Gasteiger partial charge in [-0.05, 0) is 67.1 Å². The van der Waals surface area contributed by atoms with Crippen molar-refractivity contribution >= 4 is 21.7 Å². The molecule has 1 heterocycles. The molecule has 3 aromatic carbocycles. The number of carbonyl (C=O) groups is 1. The lowest BCUT2D eigenvalue weighted by Gasteiger charge is -2.12. The minimum atomic E-state index is -4.08. The average Bonchev–Trinajstić information content (AvgIpc) is 3.33. The number of benzene rings is 3. The van der Waals surface area contributed by atoms with Gasteiger partial charge >= 0.3 is 5.97 Å². The number of esters is 1. The minimum Gasteiger partial charge on any atom is -0.497 e. The Bertz CT molecular complexity index is 1470. The minimum absolute atomic E-state index is 0.00603. The Balaban J connectivity index is 1.46. The van der Waals surface area contributed by atoms with Crippen molar-refractivity contribution in [3.63, 3.8) is 0 Å². The Hall–Kier alpha value is -4.25. The standard InChI is InChI=1S/C24H20FN3O6S/c1-15-13-18(11-12-20(15)25)35(30,31)28-21-6-4-3-5-19(21)24(29)33-14-22-26-23(34-27-22)16-7-9-17(32-2)10-8-16/h3-13,28H,14H2,1-2H3. The van der Waals surface area contributed by atoms with Crippen molar-refractivity contribution in [2.24, 2.45) is 0 Å². The molecule has 0 fully saturated rings. The highest BCUT2D eigenvalue weighted by Gasteiger charge is 2.21. The maximum absolute atomic E-state index is 13.5. The molecule has 0 spiro atoms. The number of carbonyl (C=O) groups excluding carboxylic acids is 1. The lowest BCUT2D eigenvalue weighted by Crippen LogP contribution is -2.17. The van der Waals surface area contributed by atoms with E-state index in [1.807, 2.05) is 0 Å². The van der Waals surface area contributed by atoms with Crippen molar-refractivity contribution in [1.29, 1.82) is 0 Å². The molecule has 180 valence electrons. The summed E-state index contributed by atoms with van der Waals surface area (Å²) in [5, 5.41) is 3.80. The van der Waals surface area contributed by atoms with E-state index in [4.69, 9.17) is 14.0 Å². The first-order valence-corrected chi connectivity index (χ1v) is 11.8. The van der Waals surface area contributed by atoms with E-state index in [0.29, 0.717) is 11.3 Å². The molecule has 4 rings (SSSR count). The molecule has 4 aromatic rings. The van der Waals surface area contributed by atoms with Crippen LogP contribution in [-0.4, -0.2) is 31.6 Å². The average molecular weight is 498 g/mol. The Morgan fingerprint density at radius 1 is 1.09 bits per heavy atom. The molecule has 35 heavy (non-hydrogen) atoms. The number of aryl methyl sites for hydroxylation is 1. The molecule has 0 aliphatic heterocycles. The van der Waals surface area contributed by atoms with Crippen LogP contribution in [0, 0.1) is 12.7 Å². The third-order valence-electron chi connectivity index (χ3n) is 4.97. The Labute approximate surface area is 200 Å². The number of hydrogen-bond acceptors (Lipinski definition) is 8. The number of halogens is 1. The Morgan fingerprint density at radius 3 is 2.54 bits per heavy atom. The smallest absolute Gasteiger partial charge is 0.340 e. The zero-order chi connectivity index (χ0) is 25.0. The van der Waals surface area contributed by atoms with Gasteiger partial charge in [-0.2, -0.15) is 4.98 Å². The van der Waals surface area contributed by atoms with Crippen LogP contribution in [0.4, 0.5) is 10.1 Å². The summed E-state index contributed by atoms with van der Waals surface area (Å²) < 4.78 is 57.0. The summed E-state index contributed by atoms with van der Waals surface area (Å²) in [6, 6.07) is 16.3. The summed E-state index contributed by atoms with van der Waals surface area (Å²) in [6.45, 7) is 1.16. The molecule has 0 saturated heterocycles. The molecule has 0 atom stereocenters. The highest BCUT2D eigenvalue weighted by atomic mass is 32.2. The van der Waals surface area contributed by atoms with E-state index in [9.17, 15) is 17.6 Å². The second-order valence-corrected chi connectivity index (χ2v) is 9.06. The van der Waals surface area contributed by atoms with Crippen LogP contribution in [0.1, 0.15) is 21.7 Å². The van der Waals surface area contributed by atoms with E-state index in [1.165, 1.54) is 25.1 Å². The molecule has 9 nitrogen and oxygen atoms in total. The van der Waals surface area contributed by atoms with E-state index in [-0.39, 0.29) is 40.0 Å². The first-order chi connectivity index (χ1) is 16.8. The van der Waals surface area contributed by atoms with Crippen LogP contribution in [-0.2, 0) is 21.4 Å². The maximum atomic E-state index is 13.5. The summed E-state index contributed by atoms with van der Waals surface area (Å²) in [6.07, 6.45) is 0. The number of aromatic nitrogens is 2. The molecular weight excluding hydrogens is 477 g/mol. The number of ether oxygens (including phenoxy) is 2. The molecule has 0 aliphatic carbocycles. The summed E-state index contributed by atoms with van der Waals surface area (Å²) >= 11 is 0. The van der Waals surface area contributed by atoms with Crippen LogP contribution in [0.2, 0.25) is 0 Å². The highest BCUT2D eigenvalue weighted by molar-refractivity contribution is 7.92. The van der Waals surface area contributed by atoms with E-state index >= 15 is 0 Å². The van der Waals surface area contributed by atoms with Crippen LogP contribution >= 0.6 is 0 Å². The molecule has 0 bridgehead atoms. The van der Waals surface area contributed by atoms with E-state index in [0.717, 1.165) is 12.1 Å². The molecule has 0 amide bonds. The van der Waals surface area contributed by atoms with Crippen LogP contribution < -0.4 is 9.46 Å². The van der Waals surface area contributed by atoms with Crippen molar-refractivity contribution in [2.45, 2.75) is 18.4 Å². The lowest BCUT2D eigenvalue weighted by atomic mass is 10.2. The summed E-state index contributed by atoms with van der Waals surface area (Å²) in [7, 11) is -2.52. The number of nitrogens with zero attached hydrogens (tertiary/aromatic N) is 2. The van der Waals surface area contributed by atoms with Gasteiger partial charge in [-0.1, -0.05) is 17.3 Å². The summed E-state index contributed by atoms with van der Waals surface area (Å²) in [5.74, 6) is -0.282. The first-order valence-electron chi connectivity index (χ1n) is 10.3. The van der Waals surface area contributed by atoms with E-state index < -0.39 is 21.8 Å². The molecule has 1 N–H and O–H groups in total. The number of hydrogen-bond donors (Lipinski definition) is 1. The number of anilines is 1. The highest BCUT2D eigenvalue weighted by Crippen LogP contribution is 2.23. The Kier molecular flexibility index (Phi) is 6.78. The first kappa shape index (κ1) is 23.9. The zero-order valence-electron chi connectivity index (χ0n) is 18.7. The number of methoxy groups -OCH3 is 1. The van der Waals surface area contributed by atoms with Gasteiger partial charge in [0, 0.05) is 5.56 Å². The predicted molar refractivity (Wildman–Crippen MR) is 124 cm³/mol. The fourth-order valence-corrected chi connectivity index (χ4v) is 4.27. The molecule has 0 unspecified atom stereocenters. The van der Waals surface area contributed by atoms with Gasteiger partial charge in [-0.3, -0.25) is 4.72 Å². The largest absolute Gasteiger partial charge is 0.497 e. The monoisotopic (exact) mass is 497 g/mol. The second kappa shape index (κ2) is 9.94. The van der Waals surface area contributed by atoms with Crippen molar-refractivity contribution in [1.82, 2.24) is 10.1 Å². The topological polar surface area (TPSA) is 121 Å². The summed E-state index contributed by atoms with van der Waals surface area (Å²) in [4.78, 5) is 16.8. The van der Waals surface area contributed by atoms with Gasteiger partial charge in [0.1, 0.15) is 11.6 Å². The fraction of sp³-hybridized carbons (Fsp3) is 0.125. The van der Waals surface area contributed by atoms with E-state index in [1.54, 1.807) is 43.5 Å². The van der Waals surface area contributed by atoms with Crippen LogP contribution in [0.5, 0.6) is 5.75 Å².